The van der Waals surface area contributed by atoms with Crippen molar-refractivity contribution >= 4 is 32.7 Å². The summed E-state index contributed by atoms with van der Waals surface area (Å²) in [6.07, 6.45) is 0.318. The first-order valence-corrected chi connectivity index (χ1v) is 11.5. The Labute approximate surface area is 181 Å². The van der Waals surface area contributed by atoms with E-state index in [-0.39, 0.29) is 16.4 Å². The number of benzene rings is 2. The molecule has 2 aromatic carbocycles. The summed E-state index contributed by atoms with van der Waals surface area (Å²) in [5, 5.41) is 2.84. The van der Waals surface area contributed by atoms with Gasteiger partial charge in [0, 0.05) is 18.8 Å². The number of carbonyl (C=O) groups is 1. The van der Waals surface area contributed by atoms with Gasteiger partial charge in [-0.1, -0.05) is 26.0 Å². The summed E-state index contributed by atoms with van der Waals surface area (Å²) in [5.74, 6) is -0.937. The molecule has 3 aromatic rings. The Hall–Kier alpha value is -2.91. The van der Waals surface area contributed by atoms with Crippen LogP contribution in [0, 0.1) is 19.8 Å². The monoisotopic (exact) mass is 445 g/mol. The van der Waals surface area contributed by atoms with Crippen molar-refractivity contribution in [1.29, 1.82) is 0 Å². The van der Waals surface area contributed by atoms with Crippen LogP contribution in [0.5, 0.6) is 0 Å². The number of nitrogens with zero attached hydrogens (tertiary/aromatic N) is 1. The van der Waals surface area contributed by atoms with Crippen LogP contribution in [0.25, 0.3) is 11.1 Å². The lowest BCUT2D eigenvalue weighted by Gasteiger charge is -2.21. The number of fused-ring (bicyclic) bond motifs is 1. The third kappa shape index (κ3) is 4.88. The lowest BCUT2D eigenvalue weighted by Crippen LogP contribution is -2.44. The van der Waals surface area contributed by atoms with Crippen molar-refractivity contribution in [3.8, 4) is 0 Å². The molecule has 1 unspecified atom stereocenters. The summed E-state index contributed by atoms with van der Waals surface area (Å²) in [6.45, 7) is 7.67. The molecule has 0 spiro atoms. The van der Waals surface area contributed by atoms with E-state index in [0.717, 1.165) is 11.1 Å². The Morgan fingerprint density at radius 2 is 1.87 bits per heavy atom. The lowest BCUT2D eigenvalue weighted by molar-refractivity contribution is -0.118. The third-order valence-electron chi connectivity index (χ3n) is 5.26. The number of carbonyl (C=O) groups excluding carboxylic acids is 1. The van der Waals surface area contributed by atoms with Crippen LogP contribution in [-0.4, -0.2) is 24.9 Å². The molecule has 0 aliphatic heterocycles. The molecule has 2 N–H and O–H groups in total. The van der Waals surface area contributed by atoms with E-state index < -0.39 is 27.7 Å². The topological polar surface area (TPSA) is 110 Å². The van der Waals surface area contributed by atoms with Gasteiger partial charge in [-0.05, 0) is 55.5 Å². The van der Waals surface area contributed by atoms with Crippen LogP contribution in [0.3, 0.4) is 0 Å². The molecule has 9 heteroatoms. The summed E-state index contributed by atoms with van der Waals surface area (Å²) < 4.78 is 34.9. The number of rotatable bonds is 7. The number of aryl methyl sites for hydroxylation is 2. The van der Waals surface area contributed by atoms with Gasteiger partial charge in [-0.25, -0.2) is 13.2 Å². The normalized spacial score (nSPS) is 13.0. The molecule has 31 heavy (non-hydrogen) atoms. The number of anilines is 1. The van der Waals surface area contributed by atoms with E-state index in [9.17, 15) is 18.0 Å². The van der Waals surface area contributed by atoms with Gasteiger partial charge in [-0.3, -0.25) is 9.36 Å². The zero-order valence-corrected chi connectivity index (χ0v) is 19.0. The Bertz CT molecular complexity index is 1290. The molecule has 3 rings (SSSR count). The van der Waals surface area contributed by atoms with Crippen molar-refractivity contribution in [2.45, 2.75) is 45.1 Å². The molecule has 1 atom stereocenters. The third-order valence-corrected chi connectivity index (χ3v) is 6.73. The van der Waals surface area contributed by atoms with E-state index in [1.54, 1.807) is 6.07 Å². The van der Waals surface area contributed by atoms with Crippen LogP contribution < -0.4 is 15.8 Å². The van der Waals surface area contributed by atoms with Gasteiger partial charge in [0.05, 0.1) is 10.4 Å². The Morgan fingerprint density at radius 1 is 1.16 bits per heavy atom. The predicted molar refractivity (Wildman–Crippen MR) is 120 cm³/mol. The van der Waals surface area contributed by atoms with Crippen molar-refractivity contribution in [2.75, 3.05) is 5.32 Å². The average Bonchev–Trinajstić information content (AvgIpc) is 2.97. The van der Waals surface area contributed by atoms with Gasteiger partial charge in [0.2, 0.25) is 15.9 Å². The fourth-order valence-electron chi connectivity index (χ4n) is 3.32. The first kappa shape index (κ1) is 22.8. The molecule has 1 aromatic heterocycles. The van der Waals surface area contributed by atoms with Crippen molar-refractivity contribution < 1.29 is 17.6 Å². The molecule has 0 saturated carbocycles. The molecule has 0 aliphatic carbocycles. The quantitative estimate of drug-likeness (QED) is 0.581. The molecule has 0 fully saturated rings. The second-order valence-electron chi connectivity index (χ2n) is 8.10. The molecular weight excluding hydrogens is 418 g/mol. The van der Waals surface area contributed by atoms with E-state index >= 15 is 0 Å². The molecule has 166 valence electrons. The van der Waals surface area contributed by atoms with E-state index in [0.29, 0.717) is 17.6 Å². The summed E-state index contributed by atoms with van der Waals surface area (Å²) in [6, 6.07) is 8.76. The van der Waals surface area contributed by atoms with Gasteiger partial charge < -0.3 is 9.73 Å². The highest BCUT2D eigenvalue weighted by atomic mass is 32.2. The van der Waals surface area contributed by atoms with Gasteiger partial charge in [0.1, 0.15) is 6.04 Å². The van der Waals surface area contributed by atoms with E-state index in [1.807, 2.05) is 39.8 Å². The molecular formula is C22H27N3O5S. The van der Waals surface area contributed by atoms with Crippen molar-refractivity contribution in [3.05, 3.63) is 58.1 Å². The summed E-state index contributed by atoms with van der Waals surface area (Å²) in [4.78, 5) is 24.6. The molecule has 8 nitrogen and oxygen atoms in total. The van der Waals surface area contributed by atoms with Crippen molar-refractivity contribution in [3.63, 3.8) is 0 Å². The fourth-order valence-corrected chi connectivity index (χ4v) is 4.55. The summed E-state index contributed by atoms with van der Waals surface area (Å²) in [7, 11) is -2.50. The smallest absolute Gasteiger partial charge is 0.408 e. The highest BCUT2D eigenvalue weighted by Gasteiger charge is 2.27. The van der Waals surface area contributed by atoms with Gasteiger partial charge in [0.25, 0.3) is 0 Å². The van der Waals surface area contributed by atoms with Gasteiger partial charge >= 0.3 is 5.76 Å². The Kier molecular flexibility index (Phi) is 6.38. The fraction of sp³-hybridized carbons (Fsp3) is 0.364. The Balaban J connectivity index is 1.89. The molecule has 0 bridgehead atoms. The summed E-state index contributed by atoms with van der Waals surface area (Å²) in [5.41, 5.74) is 3.24. The minimum absolute atomic E-state index is 0.0756. The van der Waals surface area contributed by atoms with Gasteiger partial charge in [-0.2, -0.15) is 4.72 Å². The number of sulfonamides is 1. The highest BCUT2D eigenvalue weighted by Crippen LogP contribution is 2.21. The maximum Gasteiger partial charge on any atom is 0.419 e. The largest absolute Gasteiger partial charge is 0.419 e. The lowest BCUT2D eigenvalue weighted by atomic mass is 10.0. The van der Waals surface area contributed by atoms with Gasteiger partial charge in [0.15, 0.2) is 5.58 Å². The maximum absolute atomic E-state index is 13.0. The highest BCUT2D eigenvalue weighted by molar-refractivity contribution is 7.89. The van der Waals surface area contributed by atoms with Crippen molar-refractivity contribution in [2.24, 2.45) is 13.0 Å². The molecule has 0 saturated heterocycles. The van der Waals surface area contributed by atoms with Crippen LogP contribution in [-0.2, 0) is 21.9 Å². The molecule has 1 heterocycles. The van der Waals surface area contributed by atoms with Crippen LogP contribution in [0.4, 0.5) is 5.69 Å². The van der Waals surface area contributed by atoms with Crippen LogP contribution in [0.2, 0.25) is 0 Å². The second-order valence-corrected chi connectivity index (χ2v) is 9.81. The predicted octanol–water partition coefficient (Wildman–Crippen LogP) is 3.08. The first-order chi connectivity index (χ1) is 14.5. The van der Waals surface area contributed by atoms with Crippen LogP contribution >= 0.6 is 0 Å². The minimum atomic E-state index is -4.04. The average molecular weight is 446 g/mol. The van der Waals surface area contributed by atoms with Crippen LogP contribution in [0.1, 0.15) is 31.4 Å². The van der Waals surface area contributed by atoms with Crippen molar-refractivity contribution in [1.82, 2.24) is 9.29 Å². The number of hydrogen-bond donors (Lipinski definition) is 2. The standard InChI is InChI=1S/C22H27N3O5S/c1-13(2)11-18(21(26)23-17-8-6-7-14(3)15(17)4)24-31(28,29)16-9-10-19-20(12-16)30-22(27)25(19)5/h6-10,12-13,18,24H,11H2,1-5H3,(H,23,26). The number of aromatic nitrogens is 1. The molecule has 0 radical (unpaired) electrons. The van der Waals surface area contributed by atoms with E-state index in [2.05, 4.69) is 10.0 Å². The first-order valence-electron chi connectivity index (χ1n) is 9.98. The number of amides is 1. The van der Waals surface area contributed by atoms with E-state index in [1.165, 1.54) is 29.8 Å². The zero-order valence-electron chi connectivity index (χ0n) is 18.2. The number of oxazole rings is 1. The maximum atomic E-state index is 13.0. The number of nitrogens with one attached hydrogen (secondary N) is 2. The SMILES string of the molecule is Cc1cccc(NC(=O)C(CC(C)C)NS(=O)(=O)c2ccc3c(c2)oc(=O)n3C)c1C. The molecule has 1 amide bonds. The Morgan fingerprint density at radius 3 is 2.55 bits per heavy atom. The summed E-state index contributed by atoms with van der Waals surface area (Å²) >= 11 is 0. The van der Waals surface area contributed by atoms with E-state index in [4.69, 9.17) is 4.42 Å². The second kappa shape index (κ2) is 8.68. The van der Waals surface area contributed by atoms with Crippen LogP contribution in [0.15, 0.2) is 50.5 Å². The number of hydrogen-bond acceptors (Lipinski definition) is 5. The zero-order chi connectivity index (χ0) is 22.9. The molecule has 0 aliphatic rings. The minimum Gasteiger partial charge on any atom is -0.408 e. The van der Waals surface area contributed by atoms with Gasteiger partial charge in [-0.15, -0.1) is 0 Å².